The van der Waals surface area contributed by atoms with Gasteiger partial charge in [0.15, 0.2) is 0 Å². The lowest BCUT2D eigenvalue weighted by atomic mass is 10.2. The summed E-state index contributed by atoms with van der Waals surface area (Å²) in [6.45, 7) is 2.33. The molecule has 0 fully saturated rings. The topological polar surface area (TPSA) is 76.4 Å². The Labute approximate surface area is 210 Å². The van der Waals surface area contributed by atoms with E-state index < -0.39 is 4.92 Å². The van der Waals surface area contributed by atoms with E-state index in [2.05, 4.69) is 26.6 Å². The Hall–Kier alpha value is -2.03. The maximum absolute atomic E-state index is 10.7. The van der Waals surface area contributed by atoms with Gasteiger partial charge in [-0.2, -0.15) is 0 Å². The Morgan fingerprint density at radius 3 is 2.41 bits per heavy atom. The van der Waals surface area contributed by atoms with E-state index in [0.717, 1.165) is 27.0 Å². The second-order valence-electron chi connectivity index (χ2n) is 6.68. The number of nitro benzene ring substituents is 1. The molecule has 0 atom stereocenters. The van der Waals surface area contributed by atoms with E-state index in [1.807, 2.05) is 24.3 Å². The highest BCUT2D eigenvalue weighted by Gasteiger charge is 2.08. The average molecular weight is 562 g/mol. The molecule has 0 aliphatic rings. The number of nitrogens with zero attached hydrogens (tertiary/aromatic N) is 1. The normalized spacial score (nSPS) is 10.3. The third-order valence-electron chi connectivity index (χ3n) is 4.45. The van der Waals surface area contributed by atoms with Crippen LogP contribution in [0.25, 0.3) is 0 Å². The molecule has 0 spiro atoms. The quantitative estimate of drug-likeness (QED) is 0.161. The molecule has 10 heteroatoms. The van der Waals surface area contributed by atoms with Crippen molar-refractivity contribution < 1.29 is 9.66 Å². The largest absolute Gasteiger partial charge is 0.489 e. The van der Waals surface area contributed by atoms with Crippen molar-refractivity contribution in [2.24, 2.45) is 0 Å². The Bertz CT molecular complexity index is 1050. The summed E-state index contributed by atoms with van der Waals surface area (Å²) in [6.07, 6.45) is 0. The van der Waals surface area contributed by atoms with Crippen molar-refractivity contribution in [2.45, 2.75) is 13.2 Å². The molecule has 0 bridgehead atoms. The second kappa shape index (κ2) is 12.9. The van der Waals surface area contributed by atoms with Gasteiger partial charge in [-0.3, -0.25) is 10.1 Å². The fourth-order valence-electron chi connectivity index (χ4n) is 2.84. The highest BCUT2D eigenvalue weighted by atomic mass is 79.9. The molecule has 0 amide bonds. The third-order valence-corrected chi connectivity index (χ3v) is 5.53. The minimum absolute atomic E-state index is 0. The van der Waals surface area contributed by atoms with Gasteiger partial charge >= 0.3 is 0 Å². The number of halogens is 4. The van der Waals surface area contributed by atoms with Gasteiger partial charge in [0, 0.05) is 63.1 Å². The fourth-order valence-corrected chi connectivity index (χ4v) is 3.71. The Morgan fingerprint density at radius 1 is 0.969 bits per heavy atom. The van der Waals surface area contributed by atoms with Gasteiger partial charge in [-0.1, -0.05) is 45.2 Å². The van der Waals surface area contributed by atoms with E-state index in [-0.39, 0.29) is 18.1 Å². The van der Waals surface area contributed by atoms with Crippen LogP contribution in [0.1, 0.15) is 11.1 Å². The van der Waals surface area contributed by atoms with Crippen LogP contribution in [0, 0.1) is 10.1 Å². The molecule has 2 N–H and O–H groups in total. The van der Waals surface area contributed by atoms with Crippen molar-refractivity contribution in [3.63, 3.8) is 0 Å². The van der Waals surface area contributed by atoms with Gasteiger partial charge < -0.3 is 15.4 Å². The molecule has 3 aromatic rings. The molecule has 0 aromatic heterocycles. The zero-order valence-electron chi connectivity index (χ0n) is 16.8. The van der Waals surface area contributed by atoms with Crippen molar-refractivity contribution in [3.05, 3.63) is 96.4 Å². The van der Waals surface area contributed by atoms with Crippen LogP contribution in [0.2, 0.25) is 10.0 Å². The molecule has 0 saturated carbocycles. The highest BCUT2D eigenvalue weighted by Crippen LogP contribution is 2.26. The lowest BCUT2D eigenvalue weighted by molar-refractivity contribution is -0.384. The van der Waals surface area contributed by atoms with Gasteiger partial charge in [0.2, 0.25) is 0 Å². The van der Waals surface area contributed by atoms with E-state index >= 15 is 0 Å². The smallest absolute Gasteiger partial charge is 0.269 e. The summed E-state index contributed by atoms with van der Waals surface area (Å²) >= 11 is 15.7. The number of anilines is 1. The Balaban J connectivity index is 0.00000363. The zero-order valence-corrected chi connectivity index (χ0v) is 20.7. The van der Waals surface area contributed by atoms with Gasteiger partial charge in [-0.25, -0.2) is 0 Å². The highest BCUT2D eigenvalue weighted by molar-refractivity contribution is 9.10. The van der Waals surface area contributed by atoms with E-state index in [1.54, 1.807) is 24.3 Å². The monoisotopic (exact) mass is 559 g/mol. The van der Waals surface area contributed by atoms with Crippen molar-refractivity contribution in [1.82, 2.24) is 5.32 Å². The van der Waals surface area contributed by atoms with Crippen LogP contribution in [-0.4, -0.2) is 18.0 Å². The first-order valence-electron chi connectivity index (χ1n) is 9.46. The van der Waals surface area contributed by atoms with E-state index in [1.165, 1.54) is 12.1 Å². The number of ether oxygens (including phenoxy) is 1. The number of rotatable bonds is 10. The van der Waals surface area contributed by atoms with Crippen LogP contribution < -0.4 is 15.4 Å². The molecule has 32 heavy (non-hydrogen) atoms. The number of non-ortho nitro benzene ring substituents is 1. The summed E-state index contributed by atoms with van der Waals surface area (Å²) < 4.78 is 6.96. The van der Waals surface area contributed by atoms with Crippen LogP contribution in [-0.2, 0) is 13.2 Å². The maximum Gasteiger partial charge on any atom is 0.269 e. The summed E-state index contributed by atoms with van der Waals surface area (Å²) in [6, 6.07) is 17.5. The molecule has 0 unspecified atom stereocenters. The van der Waals surface area contributed by atoms with Crippen molar-refractivity contribution in [3.8, 4) is 5.75 Å². The van der Waals surface area contributed by atoms with Gasteiger partial charge in [0.05, 0.1) is 4.92 Å². The Morgan fingerprint density at radius 2 is 1.72 bits per heavy atom. The molecule has 170 valence electrons. The van der Waals surface area contributed by atoms with E-state index in [9.17, 15) is 10.1 Å². The van der Waals surface area contributed by atoms with E-state index in [0.29, 0.717) is 36.3 Å². The lowest BCUT2D eigenvalue weighted by Crippen LogP contribution is -2.22. The predicted octanol–water partition coefficient (Wildman–Crippen LogP) is 6.87. The molecule has 3 aromatic carbocycles. The molecule has 0 aliphatic heterocycles. The number of nitrogens with one attached hydrogen (secondary N) is 2. The lowest BCUT2D eigenvalue weighted by Gasteiger charge is -2.14. The number of nitro groups is 1. The van der Waals surface area contributed by atoms with Gasteiger partial charge in [0.25, 0.3) is 5.69 Å². The predicted molar refractivity (Wildman–Crippen MR) is 135 cm³/mol. The Kier molecular flexibility index (Phi) is 10.5. The second-order valence-corrected chi connectivity index (χ2v) is 8.44. The molecule has 0 aliphatic carbocycles. The van der Waals surface area contributed by atoms with Crippen molar-refractivity contribution in [2.75, 3.05) is 18.4 Å². The van der Waals surface area contributed by atoms with Gasteiger partial charge in [-0.05, 0) is 42.5 Å². The van der Waals surface area contributed by atoms with E-state index in [4.69, 9.17) is 27.9 Å². The summed E-state index contributed by atoms with van der Waals surface area (Å²) in [5, 5.41) is 18.5. The molecule has 0 radical (unpaired) electrons. The molecule has 6 nitrogen and oxygen atoms in total. The van der Waals surface area contributed by atoms with Crippen LogP contribution in [0.4, 0.5) is 11.4 Å². The fraction of sp³-hybridized carbons (Fsp3) is 0.182. The summed E-state index contributed by atoms with van der Waals surface area (Å²) in [5.74, 6) is 0.769. The average Bonchev–Trinajstić information content (AvgIpc) is 2.74. The minimum Gasteiger partial charge on any atom is -0.489 e. The summed E-state index contributed by atoms with van der Waals surface area (Å²) in [7, 11) is 0. The maximum atomic E-state index is 10.7. The SMILES string of the molecule is Cl.O=[N+]([O-])c1ccc(NCCNCc2cc(Br)ccc2OCc2ccc(Cl)cc2Cl)cc1. The van der Waals surface area contributed by atoms with Crippen molar-refractivity contribution >= 4 is 62.9 Å². The molecular formula is C22H21BrCl3N3O3. The van der Waals surface area contributed by atoms with Gasteiger partial charge in [0.1, 0.15) is 12.4 Å². The molecule has 3 rings (SSSR count). The van der Waals surface area contributed by atoms with Crippen LogP contribution in [0.15, 0.2) is 65.1 Å². The first-order chi connectivity index (χ1) is 14.9. The van der Waals surface area contributed by atoms with Gasteiger partial charge in [-0.15, -0.1) is 12.4 Å². The zero-order chi connectivity index (χ0) is 22.2. The number of hydrogen-bond donors (Lipinski definition) is 2. The molecule has 0 saturated heterocycles. The third kappa shape index (κ3) is 7.83. The molecule has 0 heterocycles. The molecular weight excluding hydrogens is 541 g/mol. The standard InChI is InChI=1S/C22H20BrCl2N3O3.ClH/c23-17-2-8-22(31-14-15-1-3-18(24)12-21(15)25)16(11-17)13-26-9-10-27-19-4-6-20(7-5-19)28(29)30;/h1-8,11-12,26-27H,9-10,13-14H2;1H. The van der Waals surface area contributed by atoms with Crippen molar-refractivity contribution in [1.29, 1.82) is 0 Å². The first kappa shape index (κ1) is 26.2. The van der Waals surface area contributed by atoms with Crippen LogP contribution >= 0.6 is 51.5 Å². The summed E-state index contributed by atoms with van der Waals surface area (Å²) in [5.41, 5.74) is 2.78. The minimum atomic E-state index is -0.413. The number of hydrogen-bond acceptors (Lipinski definition) is 5. The first-order valence-corrected chi connectivity index (χ1v) is 11.0. The summed E-state index contributed by atoms with van der Waals surface area (Å²) in [4.78, 5) is 10.3. The van der Waals surface area contributed by atoms with Crippen LogP contribution in [0.3, 0.4) is 0 Å². The van der Waals surface area contributed by atoms with Crippen LogP contribution in [0.5, 0.6) is 5.75 Å². The number of benzene rings is 3.